The molecule has 1 amide bonds. The first-order chi connectivity index (χ1) is 14.1. The van der Waals surface area contributed by atoms with Crippen molar-refractivity contribution >= 4 is 5.91 Å². The minimum absolute atomic E-state index is 0.173. The zero-order valence-corrected chi connectivity index (χ0v) is 15.8. The Labute approximate surface area is 166 Å². The molecule has 29 heavy (non-hydrogen) atoms. The topological polar surface area (TPSA) is 91.7 Å². The molecule has 1 N–H and O–H groups in total. The molecule has 8 nitrogen and oxygen atoms in total. The van der Waals surface area contributed by atoms with E-state index >= 15 is 0 Å². The van der Waals surface area contributed by atoms with Crippen LogP contribution in [-0.4, -0.2) is 29.6 Å². The highest BCUT2D eigenvalue weighted by atomic mass is 16.7. The molecule has 0 saturated carbocycles. The second kappa shape index (κ2) is 8.05. The Bertz CT molecular complexity index is 1090. The summed E-state index contributed by atoms with van der Waals surface area (Å²) in [6, 6.07) is 15.8. The van der Waals surface area contributed by atoms with Crippen LogP contribution in [0.1, 0.15) is 5.56 Å². The van der Waals surface area contributed by atoms with Crippen molar-refractivity contribution in [3.63, 3.8) is 0 Å². The molecule has 1 aromatic heterocycles. The van der Waals surface area contributed by atoms with Crippen LogP contribution in [0.5, 0.6) is 17.2 Å². The number of nitrogens with zero attached hydrogens (tertiary/aromatic N) is 2. The molecule has 0 fully saturated rings. The van der Waals surface area contributed by atoms with Crippen molar-refractivity contribution in [1.82, 2.24) is 15.1 Å². The standard InChI is InChI=1S/C21H19N3O5/c1-27-16-5-2-14(3-6-16)11-22-20(25)12-24-21(26)9-7-17(23-24)15-4-8-18-19(10-15)29-13-28-18/h2-10H,11-13H2,1H3,(H,22,25). The van der Waals surface area contributed by atoms with Crippen LogP contribution < -0.4 is 25.1 Å². The van der Waals surface area contributed by atoms with Gasteiger partial charge in [0.25, 0.3) is 5.56 Å². The first-order valence-corrected chi connectivity index (χ1v) is 9.00. The number of ether oxygens (including phenoxy) is 3. The number of carbonyl (C=O) groups excluding carboxylic acids is 1. The Morgan fingerprint density at radius 2 is 1.90 bits per heavy atom. The fourth-order valence-electron chi connectivity index (χ4n) is 2.91. The molecule has 0 atom stereocenters. The highest BCUT2D eigenvalue weighted by molar-refractivity contribution is 5.75. The molecule has 2 heterocycles. The lowest BCUT2D eigenvalue weighted by molar-refractivity contribution is -0.122. The maximum atomic E-state index is 12.3. The molecular formula is C21H19N3O5. The van der Waals surface area contributed by atoms with E-state index in [4.69, 9.17) is 14.2 Å². The first-order valence-electron chi connectivity index (χ1n) is 9.00. The van der Waals surface area contributed by atoms with Gasteiger partial charge in [0.1, 0.15) is 12.3 Å². The van der Waals surface area contributed by atoms with Crippen molar-refractivity contribution in [3.05, 3.63) is 70.5 Å². The van der Waals surface area contributed by atoms with Gasteiger partial charge in [-0.3, -0.25) is 9.59 Å². The average molecular weight is 393 g/mol. The number of hydrogen-bond acceptors (Lipinski definition) is 6. The van der Waals surface area contributed by atoms with E-state index in [2.05, 4.69) is 10.4 Å². The predicted octanol–water partition coefficient (Wildman–Crippen LogP) is 1.96. The molecule has 2 aromatic carbocycles. The summed E-state index contributed by atoms with van der Waals surface area (Å²) >= 11 is 0. The lowest BCUT2D eigenvalue weighted by atomic mass is 10.1. The molecule has 0 saturated heterocycles. The van der Waals surface area contributed by atoms with Gasteiger partial charge in [-0.05, 0) is 42.0 Å². The summed E-state index contributed by atoms with van der Waals surface area (Å²) in [7, 11) is 1.60. The van der Waals surface area contributed by atoms with Gasteiger partial charge in [-0.2, -0.15) is 5.10 Å². The monoisotopic (exact) mass is 393 g/mol. The van der Waals surface area contributed by atoms with Crippen LogP contribution in [0.25, 0.3) is 11.3 Å². The number of hydrogen-bond donors (Lipinski definition) is 1. The Kier molecular flexibility index (Phi) is 5.15. The molecule has 8 heteroatoms. The summed E-state index contributed by atoms with van der Waals surface area (Å²) in [6.45, 7) is 0.354. The molecule has 4 rings (SSSR count). The average Bonchev–Trinajstić information content (AvgIpc) is 3.22. The fraction of sp³-hybridized carbons (Fsp3) is 0.190. The van der Waals surface area contributed by atoms with E-state index in [9.17, 15) is 9.59 Å². The van der Waals surface area contributed by atoms with E-state index in [-0.39, 0.29) is 24.8 Å². The van der Waals surface area contributed by atoms with Crippen molar-refractivity contribution in [2.75, 3.05) is 13.9 Å². The van der Waals surface area contributed by atoms with Crippen molar-refractivity contribution in [1.29, 1.82) is 0 Å². The van der Waals surface area contributed by atoms with E-state index in [1.54, 1.807) is 25.3 Å². The number of amides is 1. The number of nitrogens with one attached hydrogen (secondary N) is 1. The summed E-state index contributed by atoms with van der Waals surface area (Å²) in [6.07, 6.45) is 0. The quantitative estimate of drug-likeness (QED) is 0.688. The number of benzene rings is 2. The maximum Gasteiger partial charge on any atom is 0.267 e. The molecule has 0 unspecified atom stereocenters. The molecule has 0 spiro atoms. The normalized spacial score (nSPS) is 11.9. The van der Waals surface area contributed by atoms with E-state index in [1.807, 2.05) is 30.3 Å². The Morgan fingerprint density at radius 1 is 1.10 bits per heavy atom. The fourth-order valence-corrected chi connectivity index (χ4v) is 2.91. The second-order valence-electron chi connectivity index (χ2n) is 6.41. The SMILES string of the molecule is COc1ccc(CNC(=O)Cn2nc(-c3ccc4c(c3)OCO4)ccc2=O)cc1. The van der Waals surface area contributed by atoms with Gasteiger partial charge in [0.15, 0.2) is 11.5 Å². The highest BCUT2D eigenvalue weighted by Gasteiger charge is 2.15. The second-order valence-corrected chi connectivity index (χ2v) is 6.41. The zero-order chi connectivity index (χ0) is 20.2. The van der Waals surface area contributed by atoms with Crippen LogP contribution in [0.2, 0.25) is 0 Å². The minimum atomic E-state index is -0.353. The summed E-state index contributed by atoms with van der Waals surface area (Å²) in [4.78, 5) is 24.4. The summed E-state index contributed by atoms with van der Waals surface area (Å²) < 4.78 is 16.9. The zero-order valence-electron chi connectivity index (χ0n) is 15.8. The third kappa shape index (κ3) is 4.21. The Balaban J connectivity index is 1.44. The molecule has 1 aliphatic heterocycles. The Hall–Kier alpha value is -3.81. The van der Waals surface area contributed by atoms with Gasteiger partial charge in [0.2, 0.25) is 12.7 Å². The van der Waals surface area contributed by atoms with Gasteiger partial charge in [-0.1, -0.05) is 12.1 Å². The Morgan fingerprint density at radius 3 is 2.69 bits per heavy atom. The smallest absolute Gasteiger partial charge is 0.267 e. The van der Waals surface area contributed by atoms with Crippen LogP contribution in [0, 0.1) is 0 Å². The maximum absolute atomic E-state index is 12.3. The number of aromatic nitrogens is 2. The van der Waals surface area contributed by atoms with Gasteiger partial charge < -0.3 is 19.5 Å². The van der Waals surface area contributed by atoms with Crippen molar-refractivity contribution in [2.45, 2.75) is 13.1 Å². The molecule has 148 valence electrons. The number of methoxy groups -OCH3 is 1. The lowest BCUT2D eigenvalue weighted by Crippen LogP contribution is -2.33. The van der Waals surface area contributed by atoms with Crippen molar-refractivity contribution in [3.8, 4) is 28.5 Å². The van der Waals surface area contributed by atoms with Gasteiger partial charge >= 0.3 is 0 Å². The number of fused-ring (bicyclic) bond motifs is 1. The molecule has 3 aromatic rings. The van der Waals surface area contributed by atoms with Crippen LogP contribution in [0.15, 0.2) is 59.4 Å². The van der Waals surface area contributed by atoms with E-state index < -0.39 is 0 Å². The molecule has 0 bridgehead atoms. The molecule has 1 aliphatic rings. The van der Waals surface area contributed by atoms with E-state index in [0.717, 1.165) is 21.6 Å². The molecule has 0 aliphatic carbocycles. The predicted molar refractivity (Wildman–Crippen MR) is 105 cm³/mol. The summed E-state index contributed by atoms with van der Waals surface area (Å²) in [5, 5.41) is 7.11. The van der Waals surface area contributed by atoms with Gasteiger partial charge in [-0.25, -0.2) is 4.68 Å². The highest BCUT2D eigenvalue weighted by Crippen LogP contribution is 2.35. The number of carbonyl (C=O) groups is 1. The van der Waals surface area contributed by atoms with Crippen molar-refractivity contribution < 1.29 is 19.0 Å². The van der Waals surface area contributed by atoms with Crippen LogP contribution in [0.3, 0.4) is 0 Å². The number of rotatable bonds is 6. The largest absolute Gasteiger partial charge is 0.497 e. The van der Waals surface area contributed by atoms with Gasteiger partial charge in [0.05, 0.1) is 12.8 Å². The molecule has 0 radical (unpaired) electrons. The lowest BCUT2D eigenvalue weighted by Gasteiger charge is -2.09. The summed E-state index contributed by atoms with van der Waals surface area (Å²) in [5.41, 5.74) is 1.90. The third-order valence-electron chi connectivity index (χ3n) is 4.48. The molecular weight excluding hydrogens is 374 g/mol. The van der Waals surface area contributed by atoms with E-state index in [1.165, 1.54) is 6.07 Å². The van der Waals surface area contributed by atoms with Gasteiger partial charge in [0, 0.05) is 18.2 Å². The first kappa shape index (κ1) is 18.5. The van der Waals surface area contributed by atoms with Crippen LogP contribution in [-0.2, 0) is 17.9 Å². The van der Waals surface area contributed by atoms with Crippen molar-refractivity contribution in [2.24, 2.45) is 0 Å². The summed E-state index contributed by atoms with van der Waals surface area (Å²) in [5.74, 6) is 1.73. The third-order valence-corrected chi connectivity index (χ3v) is 4.48. The van der Waals surface area contributed by atoms with Crippen LogP contribution in [0.4, 0.5) is 0 Å². The van der Waals surface area contributed by atoms with E-state index in [0.29, 0.717) is 23.7 Å². The van der Waals surface area contributed by atoms with Gasteiger partial charge in [-0.15, -0.1) is 0 Å². The van der Waals surface area contributed by atoms with Crippen LogP contribution >= 0.6 is 0 Å². The minimum Gasteiger partial charge on any atom is -0.497 e.